The number of carbonyl (C=O) groups excluding carboxylic acids is 1. The Morgan fingerprint density at radius 2 is 1.91 bits per heavy atom. The second kappa shape index (κ2) is 9.84. The van der Waals surface area contributed by atoms with E-state index >= 15 is 4.39 Å². The largest absolute Gasteiger partial charge is 0.507 e. The van der Waals surface area contributed by atoms with Crippen molar-refractivity contribution in [3.63, 3.8) is 0 Å². The highest BCUT2D eigenvalue weighted by molar-refractivity contribution is 6.34. The first kappa shape index (κ1) is 24.4. The van der Waals surface area contributed by atoms with Crippen molar-refractivity contribution in [2.24, 2.45) is 5.92 Å². The zero-order chi connectivity index (χ0) is 25.3. The Bertz CT molecular complexity index is 1360. The average Bonchev–Trinajstić information content (AvgIpc) is 2.83. The maximum Gasteiger partial charge on any atom is 0.264 e. The third-order valence-electron chi connectivity index (χ3n) is 5.76. The van der Waals surface area contributed by atoms with E-state index in [1.54, 1.807) is 11.0 Å². The van der Waals surface area contributed by atoms with Gasteiger partial charge in [0.2, 0.25) is 0 Å². The van der Waals surface area contributed by atoms with Crippen molar-refractivity contribution in [2.75, 3.05) is 31.1 Å². The quantitative estimate of drug-likeness (QED) is 0.415. The molecule has 1 amide bonds. The normalized spacial score (nSPS) is 14.5. The highest BCUT2D eigenvalue weighted by Gasteiger charge is 2.27. The van der Waals surface area contributed by atoms with Gasteiger partial charge >= 0.3 is 0 Å². The van der Waals surface area contributed by atoms with E-state index in [0.717, 1.165) is 6.07 Å². The number of amides is 1. The van der Waals surface area contributed by atoms with Crippen LogP contribution in [0.5, 0.6) is 5.75 Å². The van der Waals surface area contributed by atoms with Crippen LogP contribution in [0.4, 0.5) is 14.6 Å². The summed E-state index contributed by atoms with van der Waals surface area (Å²) in [6.45, 7) is 5.27. The van der Waals surface area contributed by atoms with Gasteiger partial charge in [-0.1, -0.05) is 37.6 Å². The Morgan fingerprint density at radius 1 is 1.20 bits per heavy atom. The van der Waals surface area contributed by atoms with E-state index in [-0.39, 0.29) is 39.1 Å². The fraction of sp³-hybridized carbons (Fsp3) is 0.280. The summed E-state index contributed by atoms with van der Waals surface area (Å²) < 4.78 is 30.0. The van der Waals surface area contributed by atoms with Crippen molar-refractivity contribution in [3.8, 4) is 22.9 Å². The maximum atomic E-state index is 15.6. The summed E-state index contributed by atoms with van der Waals surface area (Å²) in [5, 5.41) is 19.7. The van der Waals surface area contributed by atoms with Gasteiger partial charge in [-0.15, -0.1) is 0 Å². The zero-order valence-electron chi connectivity index (χ0n) is 19.1. The molecule has 10 heteroatoms. The minimum atomic E-state index is -0.872. The number of rotatable bonds is 4. The molecule has 7 nitrogen and oxygen atoms in total. The molecule has 4 rings (SSSR count). The second-order valence-corrected chi connectivity index (χ2v) is 8.90. The van der Waals surface area contributed by atoms with Crippen LogP contribution in [0.15, 0.2) is 42.2 Å². The Balaban J connectivity index is 1.66. The lowest BCUT2D eigenvalue weighted by molar-refractivity contribution is -0.127. The van der Waals surface area contributed by atoms with Crippen LogP contribution in [0.2, 0.25) is 5.02 Å². The second-order valence-electron chi connectivity index (χ2n) is 8.49. The summed E-state index contributed by atoms with van der Waals surface area (Å²) in [7, 11) is 0. The molecule has 0 saturated carbocycles. The average molecular weight is 498 g/mol. The first-order valence-corrected chi connectivity index (χ1v) is 11.4. The molecule has 2 heterocycles. The number of hydrogen-bond acceptors (Lipinski definition) is 6. The summed E-state index contributed by atoms with van der Waals surface area (Å²) in [5.41, 5.74) is -0.580. The number of anilines is 1. The lowest BCUT2D eigenvalue weighted by atomic mass is 10.0. The number of hydrogen-bond donors (Lipinski definition) is 1. The third-order valence-corrected chi connectivity index (χ3v) is 6.06. The Morgan fingerprint density at radius 3 is 2.54 bits per heavy atom. The number of benzene rings is 2. The maximum absolute atomic E-state index is 15.6. The molecule has 3 aromatic rings. The fourth-order valence-corrected chi connectivity index (χ4v) is 4.43. The molecule has 1 fully saturated rings. The molecule has 1 aromatic heterocycles. The summed E-state index contributed by atoms with van der Waals surface area (Å²) in [4.78, 5) is 24.5. The summed E-state index contributed by atoms with van der Waals surface area (Å²) >= 11 is 6.37. The predicted octanol–water partition coefficient (Wildman–Crippen LogP) is 4.69. The minimum absolute atomic E-state index is 0.0674. The number of phenolic OH excluding ortho intramolecular Hbond substituents is 1. The van der Waals surface area contributed by atoms with Crippen molar-refractivity contribution >= 4 is 34.2 Å². The van der Waals surface area contributed by atoms with Crippen molar-refractivity contribution in [3.05, 3.63) is 58.9 Å². The van der Waals surface area contributed by atoms with Gasteiger partial charge in [-0.2, -0.15) is 5.26 Å². The van der Waals surface area contributed by atoms with E-state index in [4.69, 9.17) is 11.6 Å². The first-order valence-electron chi connectivity index (χ1n) is 11.0. The van der Waals surface area contributed by atoms with E-state index in [0.29, 0.717) is 37.4 Å². The van der Waals surface area contributed by atoms with Gasteiger partial charge in [0.1, 0.15) is 40.9 Å². The predicted molar refractivity (Wildman–Crippen MR) is 129 cm³/mol. The Labute approximate surface area is 205 Å². The molecular formula is C25H22ClF2N5O2. The zero-order valence-corrected chi connectivity index (χ0v) is 19.9. The SMILES string of the molecule is CC(C)C=C(C#N)C(=O)N1CCN(c2ncnc3c(F)c(-c4c(O)cccc4F)c(Cl)cc23)CC1. The van der Waals surface area contributed by atoms with Gasteiger partial charge in [0.15, 0.2) is 5.82 Å². The number of nitriles is 1. The smallest absolute Gasteiger partial charge is 0.264 e. The van der Waals surface area contributed by atoms with E-state index in [9.17, 15) is 19.6 Å². The first-order chi connectivity index (χ1) is 16.7. The Kier molecular flexibility index (Phi) is 6.85. The number of fused-ring (bicyclic) bond motifs is 1. The summed E-state index contributed by atoms with van der Waals surface area (Å²) in [6, 6.07) is 7.09. The molecule has 0 unspecified atom stereocenters. The molecule has 0 radical (unpaired) electrons. The molecule has 2 aromatic carbocycles. The van der Waals surface area contributed by atoms with E-state index < -0.39 is 17.4 Å². The number of halogens is 3. The van der Waals surface area contributed by atoms with E-state index in [1.165, 1.54) is 24.5 Å². The van der Waals surface area contributed by atoms with E-state index in [1.807, 2.05) is 24.8 Å². The van der Waals surface area contributed by atoms with Crippen LogP contribution in [-0.4, -0.2) is 52.1 Å². The van der Waals surface area contributed by atoms with Crippen LogP contribution in [0.1, 0.15) is 13.8 Å². The van der Waals surface area contributed by atoms with Gasteiger partial charge < -0.3 is 14.9 Å². The molecule has 0 aliphatic carbocycles. The minimum Gasteiger partial charge on any atom is -0.507 e. The monoisotopic (exact) mass is 497 g/mol. The van der Waals surface area contributed by atoms with Crippen molar-refractivity contribution in [1.82, 2.24) is 14.9 Å². The lowest BCUT2D eigenvalue weighted by Gasteiger charge is -2.35. The van der Waals surface area contributed by atoms with Crippen molar-refractivity contribution < 1.29 is 18.7 Å². The number of aromatic nitrogens is 2. The number of aromatic hydroxyl groups is 1. The number of carbonyl (C=O) groups is 1. The molecule has 0 spiro atoms. The molecule has 35 heavy (non-hydrogen) atoms. The molecule has 0 atom stereocenters. The van der Waals surface area contributed by atoms with Gasteiger partial charge in [-0.3, -0.25) is 4.79 Å². The topological polar surface area (TPSA) is 93.4 Å². The third kappa shape index (κ3) is 4.62. The Hall–Kier alpha value is -3.77. The molecule has 1 aliphatic rings. The number of piperazine rings is 1. The standard InChI is InChI=1S/C25H22ClF2N5O2/c1-14(2)10-15(12-29)25(35)33-8-6-32(7-9-33)24-16-11-17(26)20(22(28)23(16)30-13-31-24)21-18(27)4-3-5-19(21)34/h3-5,10-11,13-14,34H,6-9H2,1-2H3. The molecule has 1 saturated heterocycles. The van der Waals surface area contributed by atoms with Gasteiger partial charge in [0.25, 0.3) is 5.91 Å². The van der Waals surface area contributed by atoms with Gasteiger partial charge in [-0.25, -0.2) is 18.7 Å². The van der Waals surface area contributed by atoms with Gasteiger partial charge in [0.05, 0.1) is 10.6 Å². The number of phenols is 1. The van der Waals surface area contributed by atoms with Crippen LogP contribution in [0, 0.1) is 28.9 Å². The van der Waals surface area contributed by atoms with Crippen LogP contribution < -0.4 is 4.90 Å². The molecule has 0 bridgehead atoms. The van der Waals surface area contributed by atoms with Crippen molar-refractivity contribution in [1.29, 1.82) is 5.26 Å². The van der Waals surface area contributed by atoms with E-state index in [2.05, 4.69) is 9.97 Å². The molecule has 180 valence electrons. The number of allylic oxidation sites excluding steroid dienone is 1. The molecule has 1 N–H and O–H groups in total. The fourth-order valence-electron chi connectivity index (χ4n) is 4.14. The summed E-state index contributed by atoms with van der Waals surface area (Å²) in [5.74, 6) is -1.96. The van der Waals surface area contributed by atoms with Crippen molar-refractivity contribution in [2.45, 2.75) is 13.8 Å². The van der Waals surface area contributed by atoms with Crippen LogP contribution >= 0.6 is 11.6 Å². The van der Waals surface area contributed by atoms with Crippen LogP contribution in [-0.2, 0) is 4.79 Å². The molecular weight excluding hydrogens is 476 g/mol. The van der Waals surface area contributed by atoms with Gasteiger partial charge in [-0.05, 0) is 24.1 Å². The molecule has 1 aliphatic heterocycles. The summed E-state index contributed by atoms with van der Waals surface area (Å²) in [6.07, 6.45) is 2.85. The lowest BCUT2D eigenvalue weighted by Crippen LogP contribution is -2.49. The highest BCUT2D eigenvalue weighted by atomic mass is 35.5. The van der Waals surface area contributed by atoms with Crippen LogP contribution in [0.3, 0.4) is 0 Å². The number of nitrogens with zero attached hydrogens (tertiary/aromatic N) is 5. The highest BCUT2D eigenvalue weighted by Crippen LogP contribution is 2.42. The van der Waals surface area contributed by atoms with Gasteiger partial charge in [0, 0.05) is 37.1 Å². The van der Waals surface area contributed by atoms with Crippen LogP contribution in [0.25, 0.3) is 22.0 Å².